The molecule has 8 heavy (non-hydrogen) atoms. The lowest BCUT2D eigenvalue weighted by Crippen LogP contribution is -1.97. The molecule has 0 spiro atoms. The lowest BCUT2D eigenvalue weighted by Gasteiger charge is -1.79. The van der Waals surface area contributed by atoms with Crippen LogP contribution in [0.2, 0.25) is 0 Å². The molecule has 1 heterocycles. The molecule has 0 unspecified atom stereocenters. The van der Waals surface area contributed by atoms with Gasteiger partial charge in [-0.3, -0.25) is 0 Å². The van der Waals surface area contributed by atoms with Crippen LogP contribution in [0.1, 0.15) is 12.0 Å². The van der Waals surface area contributed by atoms with Gasteiger partial charge in [-0.05, 0) is 0 Å². The van der Waals surface area contributed by atoms with Crippen LogP contribution in [0.3, 0.4) is 0 Å². The first-order valence-electron chi connectivity index (χ1n) is 2.03. The second-order valence-corrected chi connectivity index (χ2v) is 1.24. The maximum absolute atomic E-state index is 9.97. The molecular weight excluding hydrogens is 108 g/mol. The van der Waals surface area contributed by atoms with Crippen LogP contribution in [0.25, 0.3) is 0 Å². The highest BCUT2D eigenvalue weighted by atomic mass is 16.4. The Labute approximate surface area is 46.7 Å². The van der Waals surface area contributed by atoms with Crippen LogP contribution >= 0.6 is 0 Å². The molecule has 0 aromatic carbocycles. The largest absolute Gasteiger partial charge is 0.475 e. The number of aromatic amines is 1. The normalized spacial score (nSPS) is 9.00. The van der Waals surface area contributed by atoms with E-state index in [9.17, 15) is 4.79 Å². The summed E-state index contributed by atoms with van der Waals surface area (Å²) in [5, 5.41) is 8.18. The molecule has 1 rings (SSSR count). The summed E-state index contributed by atoms with van der Waals surface area (Å²) in [5.74, 6) is -1.06. The van der Waals surface area contributed by atoms with Gasteiger partial charge in [-0.1, -0.05) is 0 Å². The van der Waals surface area contributed by atoms with Gasteiger partial charge in [0, 0.05) is 13.8 Å². The number of carboxylic acids is 1. The third kappa shape index (κ3) is 0.676. The molecule has 0 amide bonds. The van der Waals surface area contributed by atoms with Crippen molar-refractivity contribution < 1.29 is 11.3 Å². The first-order valence-corrected chi connectivity index (χ1v) is 2.03. The number of nitrogens with zero attached hydrogens (tertiary/aromatic N) is 1. The summed E-state index contributed by atoms with van der Waals surface area (Å²) in [6.45, 7) is 0. The zero-order chi connectivity index (χ0) is 5.98. The molecule has 2 N–H and O–H groups in total. The van der Waals surface area contributed by atoms with Crippen LogP contribution in [-0.4, -0.2) is 21.0 Å². The molecule has 0 radical (unpaired) electrons. The minimum atomic E-state index is -1.03. The number of nitrogens with one attached hydrogen (secondary N) is 1. The zero-order valence-corrected chi connectivity index (χ0v) is 3.96. The van der Waals surface area contributed by atoms with Crippen molar-refractivity contribution in [2.24, 2.45) is 0 Å². The highest BCUT2D eigenvalue weighted by Gasteiger charge is 2.00. The number of carboxylic acid groups (broad SMARTS) is 1. The summed E-state index contributed by atoms with van der Waals surface area (Å²) in [6.07, 6.45) is 2.85. The Morgan fingerprint density at radius 1 is 2.00 bits per heavy atom. The Balaban J connectivity index is 0.000000640. The Bertz CT molecular complexity index is 184. The second kappa shape index (κ2) is 1.65. The van der Waals surface area contributed by atoms with Gasteiger partial charge in [0.05, 0.1) is 0 Å². The van der Waals surface area contributed by atoms with E-state index in [1.807, 2.05) is 0 Å². The van der Waals surface area contributed by atoms with Crippen LogP contribution in [-0.2, 0) is 0 Å². The maximum Gasteiger partial charge on any atom is 0.371 e. The van der Waals surface area contributed by atoms with Crippen LogP contribution in [0, 0.1) is 0 Å². The van der Waals surface area contributed by atoms with Gasteiger partial charge in [0.25, 0.3) is 0 Å². The van der Waals surface area contributed by atoms with Crippen molar-refractivity contribution in [3.8, 4) is 0 Å². The Morgan fingerprint density at radius 3 is 3.00 bits per heavy atom. The summed E-state index contributed by atoms with van der Waals surface area (Å²) in [6, 6.07) is 0. The number of hydrogen-bond donors (Lipinski definition) is 2. The number of carbonyl (C=O) groups is 1. The molecule has 1 aromatic rings. The molecule has 4 nitrogen and oxygen atoms in total. The highest BCUT2D eigenvalue weighted by Crippen LogP contribution is 1.84. The summed E-state index contributed by atoms with van der Waals surface area (Å²) in [5.41, 5.74) is 0. The summed E-state index contributed by atoms with van der Waals surface area (Å²) in [4.78, 5) is 15.9. The number of aromatic carboxylic acids is 1. The molecule has 0 fully saturated rings. The monoisotopic (exact) mass is 114 g/mol. The smallest absolute Gasteiger partial charge is 0.371 e. The third-order valence-corrected chi connectivity index (χ3v) is 0.701. The van der Waals surface area contributed by atoms with Crippen molar-refractivity contribution in [3.05, 3.63) is 18.2 Å². The highest BCUT2D eigenvalue weighted by molar-refractivity contribution is 5.82. The number of H-pyrrole nitrogens is 1. The van der Waals surface area contributed by atoms with E-state index in [4.69, 9.17) is 5.11 Å². The molecule has 1 aromatic heterocycles. The van der Waals surface area contributed by atoms with Crippen molar-refractivity contribution in [3.63, 3.8) is 0 Å². The van der Waals surface area contributed by atoms with E-state index in [-0.39, 0.29) is 7.25 Å². The predicted molar refractivity (Wildman–Crippen MR) is 27.7 cm³/mol. The van der Waals surface area contributed by atoms with Crippen molar-refractivity contribution in [2.45, 2.75) is 0 Å². The van der Waals surface area contributed by atoms with E-state index in [1.165, 1.54) is 12.4 Å². The molecular formula is C4H6N2O2. The van der Waals surface area contributed by atoms with E-state index in [0.29, 0.717) is 0 Å². The molecule has 0 aliphatic rings. The molecule has 0 saturated carbocycles. The van der Waals surface area contributed by atoms with Crippen molar-refractivity contribution in [1.29, 1.82) is 0 Å². The van der Waals surface area contributed by atoms with Gasteiger partial charge in [0.15, 0.2) is 0 Å². The first-order chi connectivity index (χ1) is 3.80. The Hall–Kier alpha value is -1.32. The lowest BCUT2D eigenvalue weighted by molar-refractivity contribution is 0.0685. The van der Waals surface area contributed by atoms with E-state index in [2.05, 4.69) is 9.97 Å². The summed E-state index contributed by atoms with van der Waals surface area (Å²) < 4.78 is 0. The number of hydrogen-bond acceptors (Lipinski definition) is 2. The molecule has 44 valence electrons. The van der Waals surface area contributed by atoms with E-state index < -0.39 is 5.97 Å². The molecule has 4 heteroatoms. The number of rotatable bonds is 1. The lowest BCUT2D eigenvalue weighted by atomic mass is 10.7. The van der Waals surface area contributed by atoms with E-state index in [1.54, 1.807) is 0 Å². The molecule has 0 bridgehead atoms. The van der Waals surface area contributed by atoms with Crippen molar-refractivity contribution in [1.82, 2.24) is 9.97 Å². The minimum absolute atomic E-state index is 0. The fourth-order valence-electron chi connectivity index (χ4n) is 0.382. The van der Waals surface area contributed by atoms with Gasteiger partial charge in [-0.25, -0.2) is 9.78 Å². The Morgan fingerprint density at radius 2 is 2.75 bits per heavy atom. The van der Waals surface area contributed by atoms with Crippen LogP contribution in [0.15, 0.2) is 12.4 Å². The summed E-state index contributed by atoms with van der Waals surface area (Å²) in [7, 11) is 0. The fraction of sp³-hybridized carbons (Fsp3) is 0. The molecule has 0 atom stereocenters. The number of aromatic nitrogens is 2. The van der Waals surface area contributed by atoms with Crippen molar-refractivity contribution >= 4 is 5.97 Å². The average molecular weight is 114 g/mol. The molecule has 0 aliphatic carbocycles. The zero-order valence-electron chi connectivity index (χ0n) is 3.96. The fourth-order valence-corrected chi connectivity index (χ4v) is 0.382. The van der Waals surface area contributed by atoms with Crippen LogP contribution < -0.4 is 0 Å². The van der Waals surface area contributed by atoms with Gasteiger partial charge in [0.1, 0.15) is 0 Å². The second-order valence-electron chi connectivity index (χ2n) is 1.24. The molecule has 0 saturated heterocycles. The van der Waals surface area contributed by atoms with E-state index in [0.717, 1.165) is 0 Å². The maximum atomic E-state index is 9.97. The number of imidazole rings is 1. The van der Waals surface area contributed by atoms with Gasteiger partial charge < -0.3 is 10.1 Å². The average Bonchev–Trinajstić information content (AvgIpc) is 2.12. The van der Waals surface area contributed by atoms with Crippen LogP contribution in [0.4, 0.5) is 0 Å². The van der Waals surface area contributed by atoms with E-state index >= 15 is 0 Å². The summed E-state index contributed by atoms with van der Waals surface area (Å²) >= 11 is 0. The third-order valence-electron chi connectivity index (χ3n) is 0.701. The van der Waals surface area contributed by atoms with Gasteiger partial charge in [-0.2, -0.15) is 0 Å². The Kier molecular flexibility index (Phi) is 0.997. The van der Waals surface area contributed by atoms with Gasteiger partial charge in [-0.15, -0.1) is 0 Å². The topological polar surface area (TPSA) is 66.0 Å². The SMILES string of the molecule is O=C(O)c1ncc[nH]1.[HH]. The minimum Gasteiger partial charge on any atom is -0.475 e. The van der Waals surface area contributed by atoms with Crippen LogP contribution in [0.5, 0.6) is 0 Å². The predicted octanol–water partition coefficient (Wildman–Crippen LogP) is 0.354. The van der Waals surface area contributed by atoms with Crippen molar-refractivity contribution in [2.75, 3.05) is 0 Å². The van der Waals surface area contributed by atoms with Gasteiger partial charge >= 0.3 is 5.97 Å². The quantitative estimate of drug-likeness (QED) is 0.553. The first kappa shape index (κ1) is 4.83. The van der Waals surface area contributed by atoms with Gasteiger partial charge in [0.2, 0.25) is 5.82 Å². The molecule has 0 aliphatic heterocycles. The standard InChI is InChI=1S/C4H4N2O2.H2/c7-4(8)3-5-1-2-6-3;/h1-2H,(H,5,6)(H,7,8);1H.